The number of para-hydroxylation sites is 1. The number of thiophene rings is 1. The van der Waals surface area contributed by atoms with Crippen LogP contribution in [0, 0.1) is 6.92 Å². The van der Waals surface area contributed by atoms with E-state index in [0.29, 0.717) is 0 Å². The van der Waals surface area contributed by atoms with Gasteiger partial charge in [0.05, 0.1) is 0 Å². The summed E-state index contributed by atoms with van der Waals surface area (Å²) >= 11 is 5.28. The Balaban J connectivity index is 1.77. The van der Waals surface area contributed by atoms with Gasteiger partial charge in [-0.25, -0.2) is 0 Å². The fourth-order valence-corrected chi connectivity index (χ4v) is 4.06. The summed E-state index contributed by atoms with van der Waals surface area (Å²) in [6.07, 6.45) is 0. The van der Waals surface area contributed by atoms with Gasteiger partial charge in [0.1, 0.15) is 0 Å². The van der Waals surface area contributed by atoms with E-state index in [9.17, 15) is 0 Å². The Hall–Kier alpha value is -1.10. The molecule has 20 heavy (non-hydrogen) atoms. The van der Waals surface area contributed by atoms with Gasteiger partial charge in [0, 0.05) is 51.5 Å². The van der Waals surface area contributed by atoms with Crippen molar-refractivity contribution in [3.8, 4) is 0 Å². The van der Waals surface area contributed by atoms with E-state index < -0.39 is 0 Å². The molecule has 1 N–H and O–H groups in total. The van der Waals surface area contributed by atoms with E-state index in [4.69, 9.17) is 0 Å². The normalized spacial score (nSPS) is 11.3. The zero-order chi connectivity index (χ0) is 14.1. The summed E-state index contributed by atoms with van der Waals surface area (Å²) in [6, 6.07) is 10.8. The second kappa shape index (κ2) is 5.72. The van der Waals surface area contributed by atoms with E-state index in [-0.39, 0.29) is 0 Å². The van der Waals surface area contributed by atoms with Crippen LogP contribution in [0.3, 0.4) is 0 Å². The Morgan fingerprint density at radius 2 is 2.05 bits per heavy atom. The molecule has 3 rings (SSSR count). The minimum Gasteiger partial charge on any atom is -0.346 e. The summed E-state index contributed by atoms with van der Waals surface area (Å²) in [7, 11) is 2.15. The van der Waals surface area contributed by atoms with Crippen LogP contribution >= 0.6 is 27.3 Å². The van der Waals surface area contributed by atoms with Crippen LogP contribution in [0.1, 0.15) is 16.1 Å². The first kappa shape index (κ1) is 13.9. The Labute approximate surface area is 131 Å². The van der Waals surface area contributed by atoms with Crippen molar-refractivity contribution in [1.29, 1.82) is 0 Å². The third-order valence-electron chi connectivity index (χ3n) is 3.72. The van der Waals surface area contributed by atoms with Gasteiger partial charge < -0.3 is 9.88 Å². The van der Waals surface area contributed by atoms with Crippen molar-refractivity contribution in [2.45, 2.75) is 20.0 Å². The molecule has 0 saturated heterocycles. The van der Waals surface area contributed by atoms with Crippen molar-refractivity contribution in [1.82, 2.24) is 9.88 Å². The maximum atomic E-state index is 3.54. The van der Waals surface area contributed by atoms with Gasteiger partial charge in [0.25, 0.3) is 0 Å². The second-order valence-corrected chi connectivity index (χ2v) is 6.89. The van der Waals surface area contributed by atoms with Gasteiger partial charge in [-0.2, -0.15) is 0 Å². The van der Waals surface area contributed by atoms with E-state index in [1.807, 2.05) is 0 Å². The molecule has 0 aliphatic heterocycles. The number of rotatable bonds is 4. The molecule has 0 saturated carbocycles. The predicted molar refractivity (Wildman–Crippen MR) is 90.2 cm³/mol. The van der Waals surface area contributed by atoms with Gasteiger partial charge in [-0.15, -0.1) is 11.3 Å². The summed E-state index contributed by atoms with van der Waals surface area (Å²) in [5.74, 6) is 0. The minimum absolute atomic E-state index is 0.895. The van der Waals surface area contributed by atoms with Crippen molar-refractivity contribution >= 4 is 38.2 Å². The fraction of sp³-hybridized carbons (Fsp3) is 0.250. The predicted octanol–water partition coefficient (Wildman–Crippen LogP) is 4.60. The maximum absolute atomic E-state index is 3.54. The first-order valence-corrected chi connectivity index (χ1v) is 8.30. The lowest BCUT2D eigenvalue weighted by Gasteiger charge is -2.07. The summed E-state index contributed by atoms with van der Waals surface area (Å²) < 4.78 is 3.46. The van der Waals surface area contributed by atoms with Gasteiger partial charge in [-0.1, -0.05) is 18.2 Å². The number of hydrogen-bond donors (Lipinski definition) is 1. The molecule has 104 valence electrons. The molecule has 0 bridgehead atoms. The van der Waals surface area contributed by atoms with Crippen molar-refractivity contribution in [3.05, 3.63) is 56.3 Å². The highest BCUT2D eigenvalue weighted by atomic mass is 79.9. The van der Waals surface area contributed by atoms with Crippen LogP contribution in [0.5, 0.6) is 0 Å². The first-order valence-electron chi connectivity index (χ1n) is 6.63. The summed E-state index contributed by atoms with van der Waals surface area (Å²) in [4.78, 5) is 1.35. The van der Waals surface area contributed by atoms with E-state index in [1.165, 1.54) is 31.5 Å². The number of hydrogen-bond acceptors (Lipinski definition) is 2. The van der Waals surface area contributed by atoms with E-state index >= 15 is 0 Å². The summed E-state index contributed by atoms with van der Waals surface area (Å²) in [5.41, 5.74) is 4.05. The Morgan fingerprint density at radius 3 is 2.75 bits per heavy atom. The number of aromatic nitrogens is 1. The fourth-order valence-electron chi connectivity index (χ4n) is 2.64. The van der Waals surface area contributed by atoms with Gasteiger partial charge in [0.2, 0.25) is 0 Å². The Bertz CT molecular complexity index is 703. The van der Waals surface area contributed by atoms with Crippen molar-refractivity contribution in [2.24, 2.45) is 7.05 Å². The average Bonchev–Trinajstić information content (AvgIpc) is 2.97. The second-order valence-electron chi connectivity index (χ2n) is 4.98. The quantitative estimate of drug-likeness (QED) is 0.728. The van der Waals surface area contributed by atoms with Crippen molar-refractivity contribution in [2.75, 3.05) is 0 Å². The SMILES string of the molecule is Cc1c(CNCc2cc(Br)cs2)n(C)c2ccccc12. The maximum Gasteiger partial charge on any atom is 0.0483 e. The Kier molecular flexibility index (Phi) is 3.96. The molecule has 0 aliphatic rings. The van der Waals surface area contributed by atoms with Crippen LogP contribution in [0.2, 0.25) is 0 Å². The number of benzene rings is 1. The Morgan fingerprint density at radius 1 is 1.25 bits per heavy atom. The first-order chi connectivity index (χ1) is 9.66. The number of nitrogens with one attached hydrogen (secondary N) is 1. The molecule has 0 atom stereocenters. The third kappa shape index (κ3) is 2.55. The van der Waals surface area contributed by atoms with Crippen LogP contribution in [-0.4, -0.2) is 4.57 Å². The van der Waals surface area contributed by atoms with E-state index in [2.05, 4.69) is 75.5 Å². The molecule has 3 aromatic rings. The molecule has 0 fully saturated rings. The molecule has 2 heterocycles. The zero-order valence-corrected chi connectivity index (χ0v) is 14.0. The lowest BCUT2D eigenvalue weighted by Crippen LogP contribution is -2.15. The minimum atomic E-state index is 0.895. The largest absolute Gasteiger partial charge is 0.346 e. The van der Waals surface area contributed by atoms with Crippen LogP contribution < -0.4 is 5.32 Å². The molecule has 4 heteroatoms. The average molecular weight is 349 g/mol. The van der Waals surface area contributed by atoms with Crippen LogP contribution in [0.4, 0.5) is 0 Å². The van der Waals surface area contributed by atoms with E-state index in [1.54, 1.807) is 11.3 Å². The number of nitrogens with zero attached hydrogens (tertiary/aromatic N) is 1. The zero-order valence-electron chi connectivity index (χ0n) is 11.6. The molecule has 0 radical (unpaired) electrons. The topological polar surface area (TPSA) is 17.0 Å². The standard InChI is InChI=1S/C16H17BrN2S/c1-11-14-5-3-4-6-15(14)19(2)16(11)9-18-8-13-7-12(17)10-20-13/h3-7,10,18H,8-9H2,1-2H3. The van der Waals surface area contributed by atoms with Crippen molar-refractivity contribution < 1.29 is 0 Å². The monoisotopic (exact) mass is 348 g/mol. The molecule has 0 aliphatic carbocycles. The number of fused-ring (bicyclic) bond motifs is 1. The molecule has 0 unspecified atom stereocenters. The number of halogens is 1. The summed E-state index contributed by atoms with van der Waals surface area (Å²) in [6.45, 7) is 4.02. The molecular formula is C16H17BrN2S. The third-order valence-corrected chi connectivity index (χ3v) is 5.42. The van der Waals surface area contributed by atoms with Gasteiger partial charge in [0.15, 0.2) is 0 Å². The van der Waals surface area contributed by atoms with Crippen molar-refractivity contribution in [3.63, 3.8) is 0 Å². The molecular weight excluding hydrogens is 332 g/mol. The smallest absolute Gasteiger partial charge is 0.0483 e. The van der Waals surface area contributed by atoms with Gasteiger partial charge in [-0.05, 0) is 40.5 Å². The van der Waals surface area contributed by atoms with Crippen LogP contribution in [0.25, 0.3) is 10.9 Å². The molecule has 2 nitrogen and oxygen atoms in total. The molecule has 1 aromatic carbocycles. The van der Waals surface area contributed by atoms with Crippen LogP contribution in [0.15, 0.2) is 40.2 Å². The van der Waals surface area contributed by atoms with Gasteiger partial charge in [-0.3, -0.25) is 0 Å². The van der Waals surface area contributed by atoms with Gasteiger partial charge >= 0.3 is 0 Å². The molecule has 2 aromatic heterocycles. The lowest BCUT2D eigenvalue weighted by molar-refractivity contribution is 0.662. The highest BCUT2D eigenvalue weighted by Gasteiger charge is 2.10. The molecule has 0 amide bonds. The summed E-state index contributed by atoms with van der Waals surface area (Å²) in [5, 5.41) is 7.02. The van der Waals surface area contributed by atoms with Crippen LogP contribution in [-0.2, 0) is 20.1 Å². The number of aryl methyl sites for hydroxylation is 2. The lowest BCUT2D eigenvalue weighted by atomic mass is 10.1. The highest BCUT2D eigenvalue weighted by molar-refractivity contribution is 9.10. The molecule has 0 spiro atoms. The van der Waals surface area contributed by atoms with E-state index in [0.717, 1.165) is 13.1 Å². The highest BCUT2D eigenvalue weighted by Crippen LogP contribution is 2.24.